The lowest BCUT2D eigenvalue weighted by Gasteiger charge is -2.33. The van der Waals surface area contributed by atoms with E-state index >= 15 is 0 Å². The molecular formula is C26H28FN3O2. The molecule has 0 unspecified atom stereocenters. The average molecular weight is 434 g/mol. The SMILES string of the molecule is Cc1ccc(Cn2cncc2CC[C@H]2CCN([C@@H]3CCOc4ccc(F)cc43)C2=O)cc1. The third-order valence-corrected chi connectivity index (χ3v) is 6.73. The van der Waals surface area contributed by atoms with E-state index in [1.807, 2.05) is 17.4 Å². The second kappa shape index (κ2) is 8.77. The van der Waals surface area contributed by atoms with Gasteiger partial charge in [0, 0.05) is 42.9 Å². The highest BCUT2D eigenvalue weighted by Crippen LogP contribution is 2.40. The predicted octanol–water partition coefficient (Wildman–Crippen LogP) is 4.68. The van der Waals surface area contributed by atoms with Gasteiger partial charge < -0.3 is 14.2 Å². The van der Waals surface area contributed by atoms with E-state index in [0.29, 0.717) is 25.3 Å². The summed E-state index contributed by atoms with van der Waals surface area (Å²) < 4.78 is 21.7. The summed E-state index contributed by atoms with van der Waals surface area (Å²) in [6.07, 6.45) is 6.93. The first-order valence-corrected chi connectivity index (χ1v) is 11.4. The van der Waals surface area contributed by atoms with E-state index in [2.05, 4.69) is 40.7 Å². The molecule has 2 aliphatic rings. The molecule has 2 atom stereocenters. The Bertz CT molecular complexity index is 1110. The Morgan fingerprint density at radius 3 is 2.84 bits per heavy atom. The Kier molecular flexibility index (Phi) is 5.68. The van der Waals surface area contributed by atoms with E-state index in [1.165, 1.54) is 23.3 Å². The Balaban J connectivity index is 1.24. The third kappa shape index (κ3) is 4.14. The molecule has 0 saturated carbocycles. The largest absolute Gasteiger partial charge is 0.493 e. The number of rotatable bonds is 6. The first-order valence-electron chi connectivity index (χ1n) is 11.4. The van der Waals surface area contributed by atoms with E-state index < -0.39 is 0 Å². The number of aryl methyl sites for hydroxylation is 2. The number of imidazole rings is 1. The van der Waals surface area contributed by atoms with Gasteiger partial charge in [0.1, 0.15) is 11.6 Å². The van der Waals surface area contributed by atoms with E-state index in [4.69, 9.17) is 4.74 Å². The number of hydrogen-bond acceptors (Lipinski definition) is 3. The number of carbonyl (C=O) groups is 1. The van der Waals surface area contributed by atoms with Gasteiger partial charge >= 0.3 is 0 Å². The predicted molar refractivity (Wildman–Crippen MR) is 120 cm³/mol. The first kappa shape index (κ1) is 20.7. The second-order valence-electron chi connectivity index (χ2n) is 8.89. The number of aromatic nitrogens is 2. The number of hydrogen-bond donors (Lipinski definition) is 0. The van der Waals surface area contributed by atoms with Crippen molar-refractivity contribution in [2.45, 2.75) is 45.2 Å². The second-order valence-corrected chi connectivity index (χ2v) is 8.89. The summed E-state index contributed by atoms with van der Waals surface area (Å²) >= 11 is 0. The van der Waals surface area contributed by atoms with Crippen LogP contribution in [0.1, 0.15) is 47.7 Å². The fourth-order valence-corrected chi connectivity index (χ4v) is 4.92. The lowest BCUT2D eigenvalue weighted by atomic mass is 9.98. The molecule has 0 N–H and O–H groups in total. The summed E-state index contributed by atoms with van der Waals surface area (Å²) in [7, 11) is 0. The van der Waals surface area contributed by atoms with Crippen LogP contribution in [0.4, 0.5) is 4.39 Å². The molecule has 0 aliphatic carbocycles. The number of nitrogens with zero attached hydrogens (tertiary/aromatic N) is 3. The van der Waals surface area contributed by atoms with Gasteiger partial charge in [-0.3, -0.25) is 4.79 Å². The van der Waals surface area contributed by atoms with Gasteiger partial charge in [0.05, 0.1) is 19.0 Å². The number of halogens is 1. The van der Waals surface area contributed by atoms with Crippen molar-refractivity contribution in [1.29, 1.82) is 0 Å². The summed E-state index contributed by atoms with van der Waals surface area (Å²) in [6.45, 7) is 4.14. The Morgan fingerprint density at radius 1 is 1.16 bits per heavy atom. The molecule has 2 aromatic carbocycles. The smallest absolute Gasteiger partial charge is 0.226 e. The molecule has 6 heteroatoms. The molecule has 5 nitrogen and oxygen atoms in total. The van der Waals surface area contributed by atoms with E-state index in [9.17, 15) is 9.18 Å². The fraction of sp³-hybridized carbons (Fsp3) is 0.385. The van der Waals surface area contributed by atoms with Crippen LogP contribution >= 0.6 is 0 Å². The Labute approximate surface area is 187 Å². The molecule has 1 aromatic heterocycles. The molecule has 1 fully saturated rings. The van der Waals surface area contributed by atoms with E-state index in [-0.39, 0.29) is 23.7 Å². The minimum atomic E-state index is -0.288. The quantitative estimate of drug-likeness (QED) is 0.567. The average Bonchev–Trinajstić information content (AvgIpc) is 3.39. The zero-order chi connectivity index (χ0) is 22.1. The molecule has 0 spiro atoms. The molecule has 2 aliphatic heterocycles. The van der Waals surface area contributed by atoms with E-state index in [0.717, 1.165) is 37.1 Å². The minimum absolute atomic E-state index is 0.00224. The lowest BCUT2D eigenvalue weighted by Crippen LogP contribution is -2.35. The normalized spacial score (nSPS) is 20.3. The lowest BCUT2D eigenvalue weighted by molar-refractivity contribution is -0.133. The van der Waals surface area contributed by atoms with Gasteiger partial charge in [-0.1, -0.05) is 29.8 Å². The van der Waals surface area contributed by atoms with Gasteiger partial charge in [-0.25, -0.2) is 9.37 Å². The highest BCUT2D eigenvalue weighted by Gasteiger charge is 2.38. The summed E-state index contributed by atoms with van der Waals surface area (Å²) in [5.74, 6) is 0.581. The maximum Gasteiger partial charge on any atom is 0.226 e. The highest BCUT2D eigenvalue weighted by atomic mass is 19.1. The van der Waals surface area contributed by atoms with Crippen LogP contribution in [0.3, 0.4) is 0 Å². The summed E-state index contributed by atoms with van der Waals surface area (Å²) in [4.78, 5) is 19.5. The maximum atomic E-state index is 13.9. The van der Waals surface area contributed by atoms with Crippen LogP contribution in [-0.4, -0.2) is 33.5 Å². The fourth-order valence-electron chi connectivity index (χ4n) is 4.92. The van der Waals surface area contributed by atoms with Crippen LogP contribution in [0.15, 0.2) is 55.0 Å². The van der Waals surface area contributed by atoms with Gasteiger partial charge in [0.25, 0.3) is 0 Å². The summed E-state index contributed by atoms with van der Waals surface area (Å²) in [6, 6.07) is 13.0. The Hall–Kier alpha value is -3.15. The third-order valence-electron chi connectivity index (χ3n) is 6.73. The van der Waals surface area contributed by atoms with Gasteiger partial charge in [-0.2, -0.15) is 0 Å². The summed E-state index contributed by atoms with van der Waals surface area (Å²) in [5, 5.41) is 0. The van der Waals surface area contributed by atoms with Crippen molar-refractivity contribution < 1.29 is 13.9 Å². The van der Waals surface area contributed by atoms with Crippen molar-refractivity contribution in [3.63, 3.8) is 0 Å². The van der Waals surface area contributed by atoms with Crippen molar-refractivity contribution in [3.8, 4) is 5.75 Å². The topological polar surface area (TPSA) is 47.4 Å². The number of ether oxygens (including phenoxy) is 1. The van der Waals surface area contributed by atoms with Gasteiger partial charge in [-0.05, 0) is 49.9 Å². The van der Waals surface area contributed by atoms with Crippen molar-refractivity contribution in [2.24, 2.45) is 5.92 Å². The van der Waals surface area contributed by atoms with Crippen LogP contribution in [0.5, 0.6) is 5.75 Å². The van der Waals surface area contributed by atoms with Crippen molar-refractivity contribution in [2.75, 3.05) is 13.2 Å². The molecule has 3 aromatic rings. The van der Waals surface area contributed by atoms with Gasteiger partial charge in [-0.15, -0.1) is 0 Å². The number of likely N-dealkylation sites (tertiary alicyclic amines) is 1. The zero-order valence-corrected chi connectivity index (χ0v) is 18.3. The van der Waals surface area contributed by atoms with Crippen LogP contribution in [-0.2, 0) is 17.8 Å². The highest BCUT2D eigenvalue weighted by molar-refractivity contribution is 5.81. The van der Waals surface area contributed by atoms with Crippen molar-refractivity contribution in [3.05, 3.63) is 83.2 Å². The van der Waals surface area contributed by atoms with E-state index in [1.54, 1.807) is 6.07 Å². The maximum absolute atomic E-state index is 13.9. The molecule has 1 saturated heterocycles. The molecule has 0 radical (unpaired) electrons. The zero-order valence-electron chi connectivity index (χ0n) is 18.3. The molecule has 166 valence electrons. The van der Waals surface area contributed by atoms with Crippen LogP contribution < -0.4 is 4.74 Å². The minimum Gasteiger partial charge on any atom is -0.493 e. The van der Waals surface area contributed by atoms with Gasteiger partial charge in [0.15, 0.2) is 0 Å². The molecular weight excluding hydrogens is 405 g/mol. The standard InChI is InChI=1S/C26H28FN3O2/c1-18-2-4-19(5-3-18)16-29-17-28-15-22(29)8-6-20-10-12-30(26(20)31)24-11-13-32-25-9-7-21(27)14-23(24)25/h2-5,7,9,14-15,17,20,24H,6,8,10-13,16H2,1H3/t20-,24+/m0/s1. The number of benzene rings is 2. The molecule has 5 rings (SSSR count). The molecule has 1 amide bonds. The first-order chi connectivity index (χ1) is 15.6. The van der Waals surface area contributed by atoms with Crippen LogP contribution in [0, 0.1) is 18.7 Å². The Morgan fingerprint density at radius 2 is 2.00 bits per heavy atom. The van der Waals surface area contributed by atoms with Gasteiger partial charge in [0.2, 0.25) is 5.91 Å². The van der Waals surface area contributed by atoms with Crippen molar-refractivity contribution in [1.82, 2.24) is 14.5 Å². The monoisotopic (exact) mass is 433 g/mol. The van der Waals surface area contributed by atoms with Crippen LogP contribution in [0.25, 0.3) is 0 Å². The molecule has 32 heavy (non-hydrogen) atoms. The molecule has 0 bridgehead atoms. The van der Waals surface area contributed by atoms with Crippen molar-refractivity contribution >= 4 is 5.91 Å². The number of carbonyl (C=O) groups excluding carboxylic acids is 1. The summed E-state index contributed by atoms with van der Waals surface area (Å²) in [5.41, 5.74) is 4.43. The number of amides is 1. The molecule has 3 heterocycles. The number of fused-ring (bicyclic) bond motifs is 1. The van der Waals surface area contributed by atoms with Crippen LogP contribution in [0.2, 0.25) is 0 Å².